The summed E-state index contributed by atoms with van der Waals surface area (Å²) in [5.74, 6) is 0.905. The first-order chi connectivity index (χ1) is 9.14. The number of halogens is 1. The van der Waals surface area contributed by atoms with Crippen LogP contribution in [0, 0.1) is 5.92 Å². The third kappa shape index (κ3) is 4.61. The molecule has 1 saturated heterocycles. The zero-order valence-electron chi connectivity index (χ0n) is 12.5. The van der Waals surface area contributed by atoms with Crippen molar-refractivity contribution >= 4 is 18.3 Å². The molecule has 0 unspecified atom stereocenters. The van der Waals surface area contributed by atoms with E-state index >= 15 is 0 Å². The van der Waals surface area contributed by atoms with E-state index in [1.54, 1.807) is 0 Å². The zero-order valence-corrected chi connectivity index (χ0v) is 13.3. The van der Waals surface area contributed by atoms with Crippen LogP contribution >= 0.6 is 12.4 Å². The van der Waals surface area contributed by atoms with Crippen molar-refractivity contribution in [3.8, 4) is 0 Å². The van der Waals surface area contributed by atoms with Crippen molar-refractivity contribution in [3.63, 3.8) is 0 Å². The Morgan fingerprint density at radius 3 is 2.40 bits per heavy atom. The molecule has 0 bridgehead atoms. The first-order valence-electron chi connectivity index (χ1n) is 7.81. The normalized spacial score (nSPS) is 29.3. The van der Waals surface area contributed by atoms with Crippen LogP contribution in [0.4, 0.5) is 0 Å². The number of carbonyl (C=O) groups is 1. The van der Waals surface area contributed by atoms with Gasteiger partial charge in [0.1, 0.15) is 0 Å². The summed E-state index contributed by atoms with van der Waals surface area (Å²) in [7, 11) is 0. The van der Waals surface area contributed by atoms with Crippen molar-refractivity contribution in [2.24, 2.45) is 11.7 Å². The van der Waals surface area contributed by atoms with E-state index in [0.717, 1.165) is 18.8 Å². The van der Waals surface area contributed by atoms with Gasteiger partial charge in [-0.25, -0.2) is 0 Å². The van der Waals surface area contributed by atoms with Gasteiger partial charge in [-0.15, -0.1) is 12.4 Å². The minimum atomic E-state index is -0.696. The van der Waals surface area contributed by atoms with E-state index in [2.05, 4.69) is 12.2 Å². The van der Waals surface area contributed by atoms with Crippen LogP contribution in [0.2, 0.25) is 0 Å². The molecule has 1 aliphatic heterocycles. The second-order valence-corrected chi connectivity index (χ2v) is 6.25. The van der Waals surface area contributed by atoms with Crippen LogP contribution in [0.15, 0.2) is 0 Å². The van der Waals surface area contributed by atoms with Crippen molar-refractivity contribution in [1.82, 2.24) is 5.32 Å². The van der Waals surface area contributed by atoms with Crippen molar-refractivity contribution in [1.29, 1.82) is 0 Å². The van der Waals surface area contributed by atoms with Gasteiger partial charge in [0.15, 0.2) is 0 Å². The lowest BCUT2D eigenvalue weighted by Crippen LogP contribution is -2.58. The minimum absolute atomic E-state index is 0. The van der Waals surface area contributed by atoms with E-state index in [-0.39, 0.29) is 18.3 Å². The molecule has 2 rings (SSSR count). The molecule has 0 atom stereocenters. The summed E-state index contributed by atoms with van der Waals surface area (Å²) in [6, 6.07) is 0.337. The molecule has 1 heterocycles. The second kappa shape index (κ2) is 8.20. The average molecular weight is 305 g/mol. The Kier molecular flexibility index (Phi) is 7.27. The van der Waals surface area contributed by atoms with Crippen LogP contribution in [0.5, 0.6) is 0 Å². The lowest BCUT2D eigenvalue weighted by Gasteiger charge is -2.35. The molecule has 0 spiro atoms. The van der Waals surface area contributed by atoms with Crippen molar-refractivity contribution in [3.05, 3.63) is 0 Å². The number of amides is 1. The van der Waals surface area contributed by atoms with E-state index in [0.29, 0.717) is 32.1 Å². The number of nitrogens with one attached hydrogen (secondary N) is 1. The van der Waals surface area contributed by atoms with Gasteiger partial charge < -0.3 is 15.8 Å². The number of nitrogens with two attached hydrogens (primary N) is 1. The minimum Gasteiger partial charge on any atom is -0.381 e. The average Bonchev–Trinajstić information content (AvgIpc) is 2.42. The fourth-order valence-corrected chi connectivity index (χ4v) is 3.30. The van der Waals surface area contributed by atoms with Crippen LogP contribution in [-0.2, 0) is 9.53 Å². The van der Waals surface area contributed by atoms with Gasteiger partial charge in [-0.1, -0.05) is 19.8 Å². The van der Waals surface area contributed by atoms with Crippen LogP contribution in [-0.4, -0.2) is 30.7 Å². The Morgan fingerprint density at radius 2 is 1.85 bits per heavy atom. The lowest BCUT2D eigenvalue weighted by atomic mass is 9.82. The predicted molar refractivity (Wildman–Crippen MR) is 83.0 cm³/mol. The molecule has 118 valence electrons. The maximum absolute atomic E-state index is 12.3. The lowest BCUT2D eigenvalue weighted by molar-refractivity contribution is -0.130. The van der Waals surface area contributed by atoms with E-state index in [1.807, 2.05) is 0 Å². The van der Waals surface area contributed by atoms with Gasteiger partial charge >= 0.3 is 0 Å². The standard InChI is InChI=1S/C15H28N2O2.ClH/c1-2-3-12-4-6-13(7-5-12)17-14(18)15(16)8-10-19-11-9-15;/h12-13H,2-11,16H2,1H3,(H,17,18);1H. The van der Waals surface area contributed by atoms with Crippen LogP contribution in [0.1, 0.15) is 58.3 Å². The van der Waals surface area contributed by atoms with Crippen molar-refractivity contribution < 1.29 is 9.53 Å². The first-order valence-corrected chi connectivity index (χ1v) is 7.81. The molecular weight excluding hydrogens is 276 g/mol. The molecule has 1 saturated carbocycles. The summed E-state index contributed by atoms with van der Waals surface area (Å²) in [5, 5.41) is 3.17. The number of hydrogen-bond acceptors (Lipinski definition) is 3. The van der Waals surface area contributed by atoms with E-state index < -0.39 is 5.54 Å². The molecule has 2 aliphatic rings. The molecule has 2 fully saturated rings. The highest BCUT2D eigenvalue weighted by Gasteiger charge is 2.37. The highest BCUT2D eigenvalue weighted by Crippen LogP contribution is 2.28. The SMILES string of the molecule is CCCC1CCC(NC(=O)C2(N)CCOCC2)CC1.Cl. The summed E-state index contributed by atoms with van der Waals surface area (Å²) in [5.41, 5.74) is 5.51. The third-order valence-corrected chi connectivity index (χ3v) is 4.72. The molecule has 4 nitrogen and oxygen atoms in total. The number of carbonyl (C=O) groups excluding carboxylic acids is 1. The van der Waals surface area contributed by atoms with Gasteiger partial charge in [0.2, 0.25) is 5.91 Å². The smallest absolute Gasteiger partial charge is 0.240 e. The van der Waals surface area contributed by atoms with E-state index in [1.165, 1.54) is 25.7 Å². The molecule has 20 heavy (non-hydrogen) atoms. The number of rotatable bonds is 4. The quantitative estimate of drug-likeness (QED) is 0.838. The van der Waals surface area contributed by atoms with Crippen molar-refractivity contribution in [2.45, 2.75) is 69.9 Å². The van der Waals surface area contributed by atoms with Crippen LogP contribution < -0.4 is 11.1 Å². The maximum atomic E-state index is 12.3. The summed E-state index contributed by atoms with van der Waals surface area (Å²) >= 11 is 0. The molecule has 3 N–H and O–H groups in total. The fraction of sp³-hybridized carbons (Fsp3) is 0.933. The summed E-state index contributed by atoms with van der Waals surface area (Å²) in [6.45, 7) is 3.46. The highest BCUT2D eigenvalue weighted by molar-refractivity contribution is 5.86. The molecule has 5 heteroatoms. The molecule has 0 aromatic heterocycles. The topological polar surface area (TPSA) is 64.4 Å². The Balaban J connectivity index is 0.00000200. The van der Waals surface area contributed by atoms with E-state index in [4.69, 9.17) is 10.5 Å². The summed E-state index contributed by atoms with van der Waals surface area (Å²) in [6.07, 6.45) is 8.62. The Morgan fingerprint density at radius 1 is 1.25 bits per heavy atom. The Bertz CT molecular complexity index is 298. The molecule has 0 radical (unpaired) electrons. The molecule has 1 aliphatic carbocycles. The molecule has 0 aromatic rings. The molecular formula is C15H29ClN2O2. The van der Waals surface area contributed by atoms with Gasteiger partial charge in [-0.2, -0.15) is 0 Å². The van der Waals surface area contributed by atoms with E-state index in [9.17, 15) is 4.79 Å². The molecule has 0 aromatic carbocycles. The number of ether oxygens (including phenoxy) is 1. The van der Waals surface area contributed by atoms with Crippen LogP contribution in [0.25, 0.3) is 0 Å². The highest BCUT2D eigenvalue weighted by atomic mass is 35.5. The zero-order chi connectivity index (χ0) is 13.7. The fourth-order valence-electron chi connectivity index (χ4n) is 3.30. The van der Waals surface area contributed by atoms with Gasteiger partial charge in [0.25, 0.3) is 0 Å². The number of hydrogen-bond donors (Lipinski definition) is 2. The second-order valence-electron chi connectivity index (χ2n) is 6.25. The van der Waals surface area contributed by atoms with Crippen molar-refractivity contribution in [2.75, 3.05) is 13.2 Å². The predicted octanol–water partition coefficient (Wildman–Crippen LogP) is 2.39. The third-order valence-electron chi connectivity index (χ3n) is 4.72. The van der Waals surface area contributed by atoms with Crippen LogP contribution in [0.3, 0.4) is 0 Å². The van der Waals surface area contributed by atoms with Gasteiger partial charge in [0, 0.05) is 19.3 Å². The Labute approximate surface area is 128 Å². The first kappa shape index (κ1) is 17.7. The van der Waals surface area contributed by atoms with Gasteiger partial charge in [0.05, 0.1) is 5.54 Å². The summed E-state index contributed by atoms with van der Waals surface area (Å²) < 4.78 is 5.29. The Hall–Kier alpha value is -0.320. The largest absolute Gasteiger partial charge is 0.381 e. The molecule has 1 amide bonds. The maximum Gasteiger partial charge on any atom is 0.240 e. The van der Waals surface area contributed by atoms with Gasteiger partial charge in [-0.05, 0) is 44.4 Å². The van der Waals surface area contributed by atoms with Gasteiger partial charge in [-0.3, -0.25) is 4.79 Å². The monoisotopic (exact) mass is 304 g/mol. The summed E-state index contributed by atoms with van der Waals surface area (Å²) in [4.78, 5) is 12.3.